The number of fused-ring (bicyclic) bond motifs is 3. The van der Waals surface area contributed by atoms with E-state index in [1.807, 2.05) is 53.4 Å². The monoisotopic (exact) mass is 352 g/mol. The number of nitrogens with one attached hydrogen (secondary N) is 1. The van der Waals surface area contributed by atoms with Gasteiger partial charge < -0.3 is 9.88 Å². The molecule has 3 nitrogen and oxygen atoms in total. The molecule has 1 atom stereocenters. The largest absolute Gasteiger partial charge is 0.356 e. The predicted molar refractivity (Wildman–Crippen MR) is 108 cm³/mol. The minimum absolute atomic E-state index is 0.0776. The molecule has 1 amide bonds. The number of hydrogen-bond acceptors (Lipinski definition) is 1. The summed E-state index contributed by atoms with van der Waals surface area (Å²) >= 11 is 0. The molecule has 4 aromatic rings. The summed E-state index contributed by atoms with van der Waals surface area (Å²) in [6, 6.07) is 28.2. The van der Waals surface area contributed by atoms with Gasteiger partial charge >= 0.3 is 0 Å². The number of nitrogens with zero attached hydrogens (tertiary/aromatic N) is 1. The first-order valence-electron chi connectivity index (χ1n) is 9.33. The van der Waals surface area contributed by atoms with Crippen LogP contribution in [0.5, 0.6) is 0 Å². The molecule has 1 N–H and O–H groups in total. The van der Waals surface area contributed by atoms with Gasteiger partial charge in [-0.3, -0.25) is 4.79 Å². The maximum Gasteiger partial charge on any atom is 0.254 e. The lowest BCUT2D eigenvalue weighted by molar-refractivity contribution is 0.0692. The van der Waals surface area contributed by atoms with E-state index in [1.54, 1.807) is 0 Å². The maximum atomic E-state index is 13.3. The Morgan fingerprint density at radius 3 is 2.30 bits per heavy atom. The molecule has 0 bridgehead atoms. The second-order valence-electron chi connectivity index (χ2n) is 6.99. The predicted octanol–water partition coefficient (Wildman–Crippen LogP) is 4.96. The van der Waals surface area contributed by atoms with Gasteiger partial charge in [-0.1, -0.05) is 66.7 Å². The van der Waals surface area contributed by atoms with Crippen LogP contribution in [0.3, 0.4) is 0 Å². The Kier molecular flexibility index (Phi) is 3.79. The molecule has 0 spiro atoms. The van der Waals surface area contributed by atoms with Crippen LogP contribution in [0.15, 0.2) is 84.9 Å². The van der Waals surface area contributed by atoms with Gasteiger partial charge in [0.05, 0.1) is 6.04 Å². The molecule has 0 fully saturated rings. The van der Waals surface area contributed by atoms with E-state index in [2.05, 4.69) is 41.4 Å². The third kappa shape index (κ3) is 2.63. The van der Waals surface area contributed by atoms with Crippen LogP contribution in [-0.2, 0) is 6.42 Å². The van der Waals surface area contributed by atoms with Gasteiger partial charge in [0.25, 0.3) is 5.91 Å². The number of aromatic amines is 1. The van der Waals surface area contributed by atoms with Crippen molar-refractivity contribution in [1.29, 1.82) is 0 Å². The van der Waals surface area contributed by atoms with Crippen LogP contribution < -0.4 is 0 Å². The van der Waals surface area contributed by atoms with E-state index < -0.39 is 0 Å². The summed E-state index contributed by atoms with van der Waals surface area (Å²) in [6.07, 6.45) is 0.862. The number of carbonyl (C=O) groups excluding carboxylic acids is 1. The summed E-state index contributed by atoms with van der Waals surface area (Å²) < 4.78 is 0. The molecular weight excluding hydrogens is 332 g/mol. The van der Waals surface area contributed by atoms with E-state index in [0.717, 1.165) is 28.8 Å². The van der Waals surface area contributed by atoms with Gasteiger partial charge in [-0.2, -0.15) is 0 Å². The van der Waals surface area contributed by atoms with E-state index in [4.69, 9.17) is 0 Å². The molecule has 3 aromatic carbocycles. The number of aromatic nitrogens is 1. The smallest absolute Gasteiger partial charge is 0.254 e. The van der Waals surface area contributed by atoms with Gasteiger partial charge in [-0.15, -0.1) is 0 Å². The van der Waals surface area contributed by atoms with Crippen molar-refractivity contribution in [2.45, 2.75) is 12.5 Å². The lowest BCUT2D eigenvalue weighted by Crippen LogP contribution is -2.40. The first kappa shape index (κ1) is 15.9. The third-order valence-corrected chi connectivity index (χ3v) is 5.43. The van der Waals surface area contributed by atoms with Crippen LogP contribution in [0.2, 0.25) is 0 Å². The van der Waals surface area contributed by atoms with E-state index >= 15 is 0 Å². The van der Waals surface area contributed by atoms with E-state index in [1.165, 1.54) is 10.9 Å². The molecule has 27 heavy (non-hydrogen) atoms. The van der Waals surface area contributed by atoms with Gasteiger partial charge in [-0.05, 0) is 35.7 Å². The van der Waals surface area contributed by atoms with Crippen LogP contribution in [0, 0.1) is 0 Å². The average molecular weight is 352 g/mol. The van der Waals surface area contributed by atoms with Gasteiger partial charge in [0.2, 0.25) is 0 Å². The van der Waals surface area contributed by atoms with Gasteiger partial charge in [-0.25, -0.2) is 0 Å². The number of benzene rings is 3. The molecule has 1 aliphatic heterocycles. The quantitative estimate of drug-likeness (QED) is 0.544. The van der Waals surface area contributed by atoms with Crippen molar-refractivity contribution in [2.24, 2.45) is 0 Å². The molecule has 0 saturated carbocycles. The van der Waals surface area contributed by atoms with Crippen LogP contribution in [0.4, 0.5) is 0 Å². The fraction of sp³-hybridized carbons (Fsp3) is 0.125. The number of amides is 1. The van der Waals surface area contributed by atoms with Crippen molar-refractivity contribution < 1.29 is 4.79 Å². The first-order chi connectivity index (χ1) is 13.3. The Morgan fingerprint density at radius 2 is 1.52 bits per heavy atom. The molecule has 132 valence electrons. The van der Waals surface area contributed by atoms with Crippen molar-refractivity contribution in [2.75, 3.05) is 6.54 Å². The molecule has 1 aliphatic rings. The lowest BCUT2D eigenvalue weighted by atomic mass is 9.92. The zero-order chi connectivity index (χ0) is 18.2. The van der Waals surface area contributed by atoms with E-state index in [9.17, 15) is 4.79 Å². The first-order valence-corrected chi connectivity index (χ1v) is 9.33. The maximum absolute atomic E-state index is 13.3. The van der Waals surface area contributed by atoms with Gasteiger partial charge in [0, 0.05) is 28.7 Å². The molecule has 0 saturated heterocycles. The molecule has 5 rings (SSSR count). The van der Waals surface area contributed by atoms with Gasteiger partial charge in [0.1, 0.15) is 0 Å². The molecular formula is C24H20N2O. The summed E-state index contributed by atoms with van der Waals surface area (Å²) in [5, 5.41) is 1.26. The molecule has 1 unspecified atom stereocenters. The average Bonchev–Trinajstić information content (AvgIpc) is 3.12. The lowest BCUT2D eigenvalue weighted by Gasteiger charge is -2.36. The van der Waals surface area contributed by atoms with Gasteiger partial charge in [0.15, 0.2) is 0 Å². The highest BCUT2D eigenvalue weighted by molar-refractivity contribution is 5.95. The molecule has 2 heterocycles. The summed E-state index contributed by atoms with van der Waals surface area (Å²) in [5.74, 6) is 0.0776. The van der Waals surface area contributed by atoms with E-state index in [-0.39, 0.29) is 11.9 Å². The second kappa shape index (κ2) is 6.44. The Bertz CT molecular complexity index is 1100. The number of H-pyrrole nitrogens is 1. The van der Waals surface area contributed by atoms with Crippen molar-refractivity contribution in [1.82, 2.24) is 9.88 Å². The zero-order valence-electron chi connectivity index (χ0n) is 14.9. The Labute approximate surface area is 158 Å². The SMILES string of the molecule is O=C(c1ccccc1)N1CCc2c([nH]c3ccccc23)C1c1ccccc1. The second-order valence-corrected chi connectivity index (χ2v) is 6.99. The van der Waals surface area contributed by atoms with Crippen LogP contribution in [-0.4, -0.2) is 22.3 Å². The minimum Gasteiger partial charge on any atom is -0.356 e. The van der Waals surface area contributed by atoms with Crippen molar-refractivity contribution in [3.63, 3.8) is 0 Å². The van der Waals surface area contributed by atoms with Crippen LogP contribution in [0.1, 0.15) is 33.2 Å². The third-order valence-electron chi connectivity index (χ3n) is 5.43. The molecule has 0 radical (unpaired) electrons. The number of rotatable bonds is 2. The molecule has 3 heteroatoms. The number of para-hydroxylation sites is 1. The standard InChI is InChI=1S/C24H20N2O/c27-24(18-11-5-2-6-12-18)26-16-15-20-19-13-7-8-14-21(19)25-22(20)23(26)17-9-3-1-4-10-17/h1-14,23,25H,15-16H2. The number of carbonyl (C=O) groups is 1. The Balaban J connectivity index is 1.67. The van der Waals surface area contributed by atoms with Crippen LogP contribution in [0.25, 0.3) is 10.9 Å². The van der Waals surface area contributed by atoms with Crippen molar-refractivity contribution in [3.8, 4) is 0 Å². The summed E-state index contributed by atoms with van der Waals surface area (Å²) in [6.45, 7) is 0.710. The van der Waals surface area contributed by atoms with Crippen molar-refractivity contribution in [3.05, 3.63) is 107 Å². The topological polar surface area (TPSA) is 36.1 Å². The number of hydrogen-bond donors (Lipinski definition) is 1. The summed E-state index contributed by atoms with van der Waals surface area (Å²) in [4.78, 5) is 18.9. The highest BCUT2D eigenvalue weighted by Crippen LogP contribution is 2.38. The Morgan fingerprint density at radius 1 is 0.852 bits per heavy atom. The van der Waals surface area contributed by atoms with Crippen LogP contribution >= 0.6 is 0 Å². The van der Waals surface area contributed by atoms with E-state index in [0.29, 0.717) is 6.54 Å². The Hall–Kier alpha value is -3.33. The highest BCUT2D eigenvalue weighted by Gasteiger charge is 2.34. The minimum atomic E-state index is -0.102. The fourth-order valence-electron chi connectivity index (χ4n) is 4.19. The fourth-order valence-corrected chi connectivity index (χ4v) is 4.19. The molecule has 1 aromatic heterocycles. The summed E-state index contributed by atoms with van der Waals surface area (Å²) in [7, 11) is 0. The van der Waals surface area contributed by atoms with Crippen molar-refractivity contribution >= 4 is 16.8 Å². The summed E-state index contributed by atoms with van der Waals surface area (Å²) in [5.41, 5.74) is 5.47. The highest BCUT2D eigenvalue weighted by atomic mass is 16.2. The zero-order valence-corrected chi connectivity index (χ0v) is 14.9. The normalized spacial score (nSPS) is 16.3. The molecule has 0 aliphatic carbocycles.